The van der Waals surface area contributed by atoms with Gasteiger partial charge in [-0.3, -0.25) is 9.59 Å². The van der Waals surface area contributed by atoms with Gasteiger partial charge in [0.1, 0.15) is 5.92 Å². The molecular weight excluding hydrogens is 274 g/mol. The first kappa shape index (κ1) is 14.0. The highest BCUT2D eigenvalue weighted by atomic mass is 16.2. The molecule has 1 aromatic rings. The van der Waals surface area contributed by atoms with Crippen molar-refractivity contribution in [3.05, 3.63) is 34.4 Å². The summed E-state index contributed by atoms with van der Waals surface area (Å²) >= 11 is 0. The number of Topliss-reactive ketones (excluding diaryl/α,β-unsaturated/α-hetero) is 1. The minimum Gasteiger partial charge on any atom is -0.332 e. The van der Waals surface area contributed by atoms with Crippen molar-refractivity contribution in [1.29, 1.82) is 0 Å². The van der Waals surface area contributed by atoms with Gasteiger partial charge in [0, 0.05) is 6.54 Å². The number of piperidine rings is 1. The first-order valence-corrected chi connectivity index (χ1v) is 8.53. The van der Waals surface area contributed by atoms with Crippen LogP contribution in [0.15, 0.2) is 12.1 Å². The Kier molecular flexibility index (Phi) is 3.14. The zero-order valence-electron chi connectivity index (χ0n) is 13.4. The third kappa shape index (κ3) is 2.02. The summed E-state index contributed by atoms with van der Waals surface area (Å²) in [6.07, 6.45) is 5.48. The van der Waals surface area contributed by atoms with E-state index in [0.29, 0.717) is 5.92 Å². The van der Waals surface area contributed by atoms with Crippen LogP contribution in [0.1, 0.15) is 66.2 Å². The molecule has 1 aromatic carbocycles. The Morgan fingerprint density at radius 3 is 2.27 bits per heavy atom. The molecule has 4 rings (SSSR count). The van der Waals surface area contributed by atoms with Crippen LogP contribution in [0.25, 0.3) is 0 Å². The second-order valence-electron chi connectivity index (χ2n) is 7.22. The number of carbonyl (C=O) groups is 2. The Morgan fingerprint density at radius 1 is 1.00 bits per heavy atom. The van der Waals surface area contributed by atoms with E-state index in [2.05, 4.69) is 26.0 Å². The molecule has 2 saturated heterocycles. The summed E-state index contributed by atoms with van der Waals surface area (Å²) < 4.78 is 0. The summed E-state index contributed by atoms with van der Waals surface area (Å²) in [7, 11) is 0. The molecular formula is C19H23NO2. The van der Waals surface area contributed by atoms with Crippen molar-refractivity contribution >= 4 is 11.7 Å². The van der Waals surface area contributed by atoms with Crippen molar-refractivity contribution in [3.63, 3.8) is 0 Å². The van der Waals surface area contributed by atoms with Crippen molar-refractivity contribution in [3.8, 4) is 0 Å². The number of hydrogen-bond acceptors (Lipinski definition) is 2. The van der Waals surface area contributed by atoms with Gasteiger partial charge in [0.05, 0.1) is 6.04 Å². The summed E-state index contributed by atoms with van der Waals surface area (Å²) in [6, 6.07) is 4.25. The summed E-state index contributed by atoms with van der Waals surface area (Å²) in [4.78, 5) is 27.5. The van der Waals surface area contributed by atoms with Crippen molar-refractivity contribution in [2.45, 2.75) is 63.8 Å². The average Bonchev–Trinajstić information content (AvgIpc) is 3.31. The molecule has 2 unspecified atom stereocenters. The summed E-state index contributed by atoms with van der Waals surface area (Å²) in [5, 5.41) is 0. The Morgan fingerprint density at radius 2 is 1.68 bits per heavy atom. The second kappa shape index (κ2) is 4.94. The van der Waals surface area contributed by atoms with Crippen LogP contribution in [-0.4, -0.2) is 29.2 Å². The fourth-order valence-electron chi connectivity index (χ4n) is 4.35. The smallest absolute Gasteiger partial charge is 0.238 e. The van der Waals surface area contributed by atoms with E-state index in [1.165, 1.54) is 18.4 Å². The second-order valence-corrected chi connectivity index (χ2v) is 7.22. The summed E-state index contributed by atoms with van der Waals surface area (Å²) in [6.45, 7) is 4.88. The van der Waals surface area contributed by atoms with E-state index < -0.39 is 5.92 Å². The van der Waals surface area contributed by atoms with Gasteiger partial charge in [0.15, 0.2) is 5.78 Å². The third-order valence-electron chi connectivity index (χ3n) is 5.60. The van der Waals surface area contributed by atoms with Gasteiger partial charge in [-0.25, -0.2) is 0 Å². The number of hydrogen-bond donors (Lipinski definition) is 0. The lowest BCUT2D eigenvalue weighted by Crippen LogP contribution is -2.39. The predicted molar refractivity (Wildman–Crippen MR) is 85.0 cm³/mol. The molecule has 3 heteroatoms. The number of rotatable bonds is 2. The van der Waals surface area contributed by atoms with Gasteiger partial charge >= 0.3 is 0 Å². The molecule has 116 valence electrons. The van der Waals surface area contributed by atoms with Crippen molar-refractivity contribution in [1.82, 2.24) is 4.90 Å². The monoisotopic (exact) mass is 297 g/mol. The maximum absolute atomic E-state index is 12.8. The SMILES string of the molecule is Cc1cc(C2CC2)cc(C)c1C1C(=O)C2CCCCN2C1=O. The summed E-state index contributed by atoms with van der Waals surface area (Å²) in [5.74, 6) is 0.333. The van der Waals surface area contributed by atoms with Crippen LogP contribution in [0.2, 0.25) is 0 Å². The van der Waals surface area contributed by atoms with Gasteiger partial charge in [-0.05, 0) is 74.1 Å². The fourth-order valence-corrected chi connectivity index (χ4v) is 4.35. The number of aryl methyl sites for hydroxylation is 2. The zero-order chi connectivity index (χ0) is 15.4. The van der Waals surface area contributed by atoms with E-state index in [0.717, 1.165) is 42.5 Å². The van der Waals surface area contributed by atoms with Crippen LogP contribution in [0, 0.1) is 13.8 Å². The van der Waals surface area contributed by atoms with E-state index in [9.17, 15) is 9.59 Å². The van der Waals surface area contributed by atoms with Crippen LogP contribution in [0.5, 0.6) is 0 Å². The highest BCUT2D eigenvalue weighted by molar-refractivity contribution is 6.15. The molecule has 3 nitrogen and oxygen atoms in total. The van der Waals surface area contributed by atoms with Crippen LogP contribution in [0.3, 0.4) is 0 Å². The van der Waals surface area contributed by atoms with Gasteiger partial charge in [-0.2, -0.15) is 0 Å². The average molecular weight is 297 g/mol. The fraction of sp³-hybridized carbons (Fsp3) is 0.579. The van der Waals surface area contributed by atoms with Crippen molar-refractivity contribution < 1.29 is 9.59 Å². The van der Waals surface area contributed by atoms with Gasteiger partial charge in [-0.1, -0.05) is 12.1 Å². The molecule has 0 spiro atoms. The normalized spacial score (nSPS) is 28.2. The molecule has 0 bridgehead atoms. The molecule has 3 fully saturated rings. The zero-order valence-corrected chi connectivity index (χ0v) is 13.4. The predicted octanol–water partition coefficient (Wildman–Crippen LogP) is 3.23. The largest absolute Gasteiger partial charge is 0.332 e. The lowest BCUT2D eigenvalue weighted by atomic mass is 9.85. The van der Waals surface area contributed by atoms with E-state index in [4.69, 9.17) is 0 Å². The third-order valence-corrected chi connectivity index (χ3v) is 5.60. The Labute approximate surface area is 131 Å². The molecule has 3 aliphatic rings. The lowest BCUT2D eigenvalue weighted by Gasteiger charge is -2.27. The Bertz CT molecular complexity index is 612. The van der Waals surface area contributed by atoms with Gasteiger partial charge in [0.25, 0.3) is 0 Å². The number of amides is 1. The number of carbonyl (C=O) groups excluding carboxylic acids is 2. The van der Waals surface area contributed by atoms with E-state index >= 15 is 0 Å². The molecule has 0 radical (unpaired) electrons. The molecule has 0 N–H and O–H groups in total. The van der Waals surface area contributed by atoms with E-state index in [1.807, 2.05) is 4.90 Å². The van der Waals surface area contributed by atoms with Crippen LogP contribution < -0.4 is 0 Å². The maximum atomic E-state index is 12.8. The topological polar surface area (TPSA) is 37.4 Å². The molecule has 1 amide bonds. The number of nitrogens with zero attached hydrogens (tertiary/aromatic N) is 1. The Hall–Kier alpha value is -1.64. The molecule has 2 heterocycles. The van der Waals surface area contributed by atoms with Gasteiger partial charge in [0.2, 0.25) is 5.91 Å². The minimum atomic E-state index is -0.545. The van der Waals surface area contributed by atoms with Gasteiger partial charge < -0.3 is 4.90 Å². The molecule has 2 atom stereocenters. The molecule has 1 aliphatic carbocycles. The highest BCUT2D eigenvalue weighted by Crippen LogP contribution is 2.43. The highest BCUT2D eigenvalue weighted by Gasteiger charge is 2.49. The van der Waals surface area contributed by atoms with E-state index in [-0.39, 0.29) is 17.7 Å². The standard InChI is InChI=1S/C19H23NO2/c1-11-9-14(13-6-7-13)10-12(2)16(11)17-18(21)15-5-3-4-8-20(15)19(17)22/h9-10,13,15,17H,3-8H2,1-2H3. The summed E-state index contributed by atoms with van der Waals surface area (Å²) in [5.41, 5.74) is 4.60. The molecule has 22 heavy (non-hydrogen) atoms. The lowest BCUT2D eigenvalue weighted by molar-refractivity contribution is -0.130. The number of ketones is 1. The quantitative estimate of drug-likeness (QED) is 0.786. The molecule has 1 saturated carbocycles. The van der Waals surface area contributed by atoms with Crippen molar-refractivity contribution in [2.24, 2.45) is 0 Å². The Balaban J connectivity index is 1.75. The van der Waals surface area contributed by atoms with Crippen LogP contribution >= 0.6 is 0 Å². The number of fused-ring (bicyclic) bond motifs is 1. The maximum Gasteiger partial charge on any atom is 0.238 e. The first-order valence-electron chi connectivity index (χ1n) is 8.53. The van der Waals surface area contributed by atoms with Crippen LogP contribution in [-0.2, 0) is 9.59 Å². The molecule has 0 aromatic heterocycles. The van der Waals surface area contributed by atoms with Gasteiger partial charge in [-0.15, -0.1) is 0 Å². The van der Waals surface area contributed by atoms with Crippen LogP contribution in [0.4, 0.5) is 0 Å². The van der Waals surface area contributed by atoms with Crippen molar-refractivity contribution in [2.75, 3.05) is 6.54 Å². The van der Waals surface area contributed by atoms with E-state index in [1.54, 1.807) is 0 Å². The minimum absolute atomic E-state index is 0.0417. The number of benzene rings is 1. The molecule has 2 aliphatic heterocycles. The first-order chi connectivity index (χ1) is 10.6.